The van der Waals surface area contributed by atoms with Crippen LogP contribution in [-0.2, 0) is 6.42 Å². The molecule has 0 aliphatic heterocycles. The third kappa shape index (κ3) is 4.20. The van der Waals surface area contributed by atoms with E-state index >= 15 is 0 Å². The Balaban J connectivity index is 1.92. The second-order valence-electron chi connectivity index (χ2n) is 4.89. The molecule has 0 heterocycles. The minimum Gasteiger partial charge on any atom is -0.385 e. The first-order valence-electron chi connectivity index (χ1n) is 6.80. The number of rotatable bonds is 6. The Morgan fingerprint density at radius 3 is 2.62 bits per heavy atom. The SMILES string of the molecule is Cc1cc([N+](=O)[O-])c(Cl)cc1NCCCc1ccccc1. The van der Waals surface area contributed by atoms with Crippen molar-refractivity contribution in [1.82, 2.24) is 0 Å². The molecule has 1 N–H and O–H groups in total. The van der Waals surface area contributed by atoms with Crippen molar-refractivity contribution in [2.24, 2.45) is 0 Å². The van der Waals surface area contributed by atoms with Crippen LogP contribution in [-0.4, -0.2) is 11.5 Å². The maximum Gasteiger partial charge on any atom is 0.288 e. The molecule has 0 aliphatic carbocycles. The summed E-state index contributed by atoms with van der Waals surface area (Å²) in [5, 5.41) is 14.2. The van der Waals surface area contributed by atoms with Gasteiger partial charge in [0.2, 0.25) is 0 Å². The number of nitro groups is 1. The fraction of sp³-hybridized carbons (Fsp3) is 0.250. The van der Waals surface area contributed by atoms with E-state index in [9.17, 15) is 10.1 Å². The Labute approximate surface area is 128 Å². The summed E-state index contributed by atoms with van der Waals surface area (Å²) >= 11 is 5.92. The molecule has 2 aromatic carbocycles. The number of benzene rings is 2. The quantitative estimate of drug-likeness (QED) is 0.482. The Morgan fingerprint density at radius 2 is 1.95 bits per heavy atom. The number of anilines is 1. The van der Waals surface area contributed by atoms with Gasteiger partial charge in [0.1, 0.15) is 5.02 Å². The van der Waals surface area contributed by atoms with Gasteiger partial charge in [0.15, 0.2) is 0 Å². The van der Waals surface area contributed by atoms with Gasteiger partial charge in [-0.1, -0.05) is 41.9 Å². The molecule has 0 spiro atoms. The van der Waals surface area contributed by atoms with Crippen LogP contribution in [0, 0.1) is 17.0 Å². The van der Waals surface area contributed by atoms with Crippen molar-refractivity contribution in [3.8, 4) is 0 Å². The first kappa shape index (κ1) is 15.3. The van der Waals surface area contributed by atoms with Crippen molar-refractivity contribution in [2.75, 3.05) is 11.9 Å². The molecule has 0 amide bonds. The molecule has 2 rings (SSSR count). The van der Waals surface area contributed by atoms with Gasteiger partial charge in [-0.2, -0.15) is 0 Å². The van der Waals surface area contributed by atoms with Crippen LogP contribution < -0.4 is 5.32 Å². The van der Waals surface area contributed by atoms with Gasteiger partial charge in [0, 0.05) is 18.3 Å². The lowest BCUT2D eigenvalue weighted by Gasteiger charge is -2.10. The van der Waals surface area contributed by atoms with Gasteiger partial charge < -0.3 is 5.32 Å². The first-order valence-corrected chi connectivity index (χ1v) is 7.18. The minimum absolute atomic E-state index is 0.0518. The molecule has 0 fully saturated rings. The van der Waals surface area contributed by atoms with Gasteiger partial charge in [0.25, 0.3) is 5.69 Å². The average molecular weight is 305 g/mol. The number of hydrogen-bond donors (Lipinski definition) is 1. The van der Waals surface area contributed by atoms with Crippen LogP contribution in [0.5, 0.6) is 0 Å². The Kier molecular flexibility index (Phi) is 5.17. The highest BCUT2D eigenvalue weighted by atomic mass is 35.5. The largest absolute Gasteiger partial charge is 0.385 e. The maximum absolute atomic E-state index is 10.8. The van der Waals surface area contributed by atoms with Crippen LogP contribution in [0.2, 0.25) is 5.02 Å². The van der Waals surface area contributed by atoms with Crippen molar-refractivity contribution in [3.05, 3.63) is 68.7 Å². The Bertz CT molecular complexity index is 630. The van der Waals surface area contributed by atoms with Crippen LogP contribution in [0.4, 0.5) is 11.4 Å². The lowest BCUT2D eigenvalue weighted by atomic mass is 10.1. The standard InChI is InChI=1S/C16H17ClN2O2/c1-12-10-16(19(20)21)14(17)11-15(12)18-9-5-8-13-6-3-2-4-7-13/h2-4,6-7,10-11,18H,5,8-9H2,1H3. The van der Waals surface area contributed by atoms with Gasteiger partial charge in [-0.3, -0.25) is 10.1 Å². The van der Waals surface area contributed by atoms with Crippen molar-refractivity contribution in [3.63, 3.8) is 0 Å². The number of hydrogen-bond acceptors (Lipinski definition) is 3. The van der Waals surface area contributed by atoms with E-state index < -0.39 is 4.92 Å². The summed E-state index contributed by atoms with van der Waals surface area (Å²) in [6.07, 6.45) is 1.98. The lowest BCUT2D eigenvalue weighted by Crippen LogP contribution is -2.05. The van der Waals surface area contributed by atoms with E-state index in [0.717, 1.165) is 30.6 Å². The van der Waals surface area contributed by atoms with Crippen LogP contribution in [0.15, 0.2) is 42.5 Å². The van der Waals surface area contributed by atoms with E-state index in [1.165, 1.54) is 11.6 Å². The van der Waals surface area contributed by atoms with Crippen molar-refractivity contribution >= 4 is 23.0 Å². The predicted molar refractivity (Wildman–Crippen MR) is 86.1 cm³/mol. The molecule has 4 nitrogen and oxygen atoms in total. The van der Waals surface area contributed by atoms with Crippen LogP contribution in [0.3, 0.4) is 0 Å². The highest BCUT2D eigenvalue weighted by Crippen LogP contribution is 2.30. The van der Waals surface area contributed by atoms with Crippen molar-refractivity contribution in [2.45, 2.75) is 19.8 Å². The number of aryl methyl sites for hydroxylation is 2. The van der Waals surface area contributed by atoms with Gasteiger partial charge >= 0.3 is 0 Å². The molecule has 2 aromatic rings. The predicted octanol–water partition coefficient (Wildman–Crippen LogP) is 4.60. The summed E-state index contributed by atoms with van der Waals surface area (Å²) in [4.78, 5) is 10.3. The summed E-state index contributed by atoms with van der Waals surface area (Å²) in [6, 6.07) is 13.4. The molecule has 0 bridgehead atoms. The summed E-state index contributed by atoms with van der Waals surface area (Å²) in [7, 11) is 0. The lowest BCUT2D eigenvalue weighted by molar-refractivity contribution is -0.384. The van der Waals surface area contributed by atoms with Crippen LogP contribution in [0.1, 0.15) is 17.5 Å². The van der Waals surface area contributed by atoms with E-state index in [-0.39, 0.29) is 10.7 Å². The number of nitro benzene ring substituents is 1. The second kappa shape index (κ2) is 7.09. The number of nitrogens with one attached hydrogen (secondary N) is 1. The zero-order valence-electron chi connectivity index (χ0n) is 11.8. The van der Waals surface area contributed by atoms with Crippen molar-refractivity contribution < 1.29 is 4.92 Å². The van der Waals surface area contributed by atoms with Gasteiger partial charge in [-0.25, -0.2) is 0 Å². The fourth-order valence-electron chi connectivity index (χ4n) is 2.16. The molecule has 110 valence electrons. The zero-order chi connectivity index (χ0) is 15.2. The minimum atomic E-state index is -0.464. The summed E-state index contributed by atoms with van der Waals surface area (Å²) < 4.78 is 0. The summed E-state index contributed by atoms with van der Waals surface area (Å²) in [6.45, 7) is 2.63. The molecule has 0 saturated heterocycles. The topological polar surface area (TPSA) is 55.2 Å². The molecular formula is C16H17ClN2O2. The molecule has 21 heavy (non-hydrogen) atoms. The van der Waals surface area contributed by atoms with Crippen LogP contribution in [0.25, 0.3) is 0 Å². The molecule has 0 aliphatic rings. The van der Waals surface area contributed by atoms with E-state index in [0.29, 0.717) is 0 Å². The van der Waals surface area contributed by atoms with Gasteiger partial charge in [-0.05, 0) is 37.0 Å². The van der Waals surface area contributed by atoms with E-state index in [1.807, 2.05) is 25.1 Å². The Hall–Kier alpha value is -2.07. The molecule has 0 atom stereocenters. The van der Waals surface area contributed by atoms with Crippen LogP contribution >= 0.6 is 11.6 Å². The monoisotopic (exact) mass is 304 g/mol. The third-order valence-electron chi connectivity index (χ3n) is 3.29. The van der Waals surface area contributed by atoms with E-state index in [1.54, 1.807) is 6.07 Å². The highest BCUT2D eigenvalue weighted by molar-refractivity contribution is 6.33. The number of halogens is 1. The molecule has 5 heteroatoms. The summed E-state index contributed by atoms with van der Waals surface area (Å²) in [5.41, 5.74) is 2.92. The average Bonchev–Trinajstić information content (AvgIpc) is 2.47. The molecule has 0 radical (unpaired) electrons. The molecule has 0 aromatic heterocycles. The molecule has 0 unspecified atom stereocenters. The van der Waals surface area contributed by atoms with E-state index in [4.69, 9.17) is 11.6 Å². The number of nitrogens with zero attached hydrogens (tertiary/aromatic N) is 1. The fourth-order valence-corrected chi connectivity index (χ4v) is 2.39. The maximum atomic E-state index is 10.8. The molecular weight excluding hydrogens is 288 g/mol. The first-order chi connectivity index (χ1) is 10.1. The Morgan fingerprint density at radius 1 is 1.24 bits per heavy atom. The van der Waals surface area contributed by atoms with E-state index in [2.05, 4.69) is 17.4 Å². The second-order valence-corrected chi connectivity index (χ2v) is 5.30. The van der Waals surface area contributed by atoms with Gasteiger partial charge in [-0.15, -0.1) is 0 Å². The molecule has 0 saturated carbocycles. The van der Waals surface area contributed by atoms with Crippen molar-refractivity contribution in [1.29, 1.82) is 0 Å². The normalized spacial score (nSPS) is 10.4. The zero-order valence-corrected chi connectivity index (χ0v) is 12.6. The third-order valence-corrected chi connectivity index (χ3v) is 3.59. The smallest absolute Gasteiger partial charge is 0.288 e. The highest BCUT2D eigenvalue weighted by Gasteiger charge is 2.14. The van der Waals surface area contributed by atoms with Gasteiger partial charge in [0.05, 0.1) is 4.92 Å². The summed E-state index contributed by atoms with van der Waals surface area (Å²) in [5.74, 6) is 0.